The molecule has 0 aliphatic heterocycles. The fraction of sp³-hybridized carbons (Fsp3) is 0.818. The lowest BCUT2D eigenvalue weighted by Crippen LogP contribution is -2.24. The molecule has 1 saturated carbocycles. The summed E-state index contributed by atoms with van der Waals surface area (Å²) in [4.78, 5) is 4.28. The van der Waals surface area contributed by atoms with Gasteiger partial charge in [-0.2, -0.15) is 5.10 Å². The van der Waals surface area contributed by atoms with Crippen molar-refractivity contribution in [2.75, 3.05) is 6.54 Å². The van der Waals surface area contributed by atoms with Crippen molar-refractivity contribution in [3.05, 3.63) is 6.33 Å². The topological polar surface area (TPSA) is 56.7 Å². The fourth-order valence-electron chi connectivity index (χ4n) is 2.30. The molecule has 5 heteroatoms. The number of nitrogens with zero attached hydrogens (tertiary/aromatic N) is 3. The number of thioether (sulfide) groups is 1. The van der Waals surface area contributed by atoms with Crippen LogP contribution in [0, 0.1) is 5.92 Å². The van der Waals surface area contributed by atoms with E-state index in [0.29, 0.717) is 11.2 Å². The third-order valence-electron chi connectivity index (χ3n) is 3.32. The molecule has 0 spiro atoms. The molecule has 0 bridgehead atoms. The van der Waals surface area contributed by atoms with Gasteiger partial charge in [0.1, 0.15) is 6.33 Å². The lowest BCUT2D eigenvalue weighted by molar-refractivity contribution is 0.482. The maximum absolute atomic E-state index is 5.87. The first-order valence-corrected chi connectivity index (χ1v) is 6.90. The van der Waals surface area contributed by atoms with Crippen LogP contribution in [-0.4, -0.2) is 26.6 Å². The summed E-state index contributed by atoms with van der Waals surface area (Å²) in [6.07, 6.45) is 8.16. The third kappa shape index (κ3) is 2.77. The summed E-state index contributed by atoms with van der Waals surface area (Å²) in [5.74, 6) is 0.643. The van der Waals surface area contributed by atoms with E-state index in [1.165, 1.54) is 32.1 Å². The summed E-state index contributed by atoms with van der Waals surface area (Å²) in [5, 5.41) is 5.75. The van der Waals surface area contributed by atoms with Crippen molar-refractivity contribution >= 4 is 11.8 Å². The van der Waals surface area contributed by atoms with Crippen molar-refractivity contribution in [3.63, 3.8) is 0 Å². The molecule has 2 unspecified atom stereocenters. The van der Waals surface area contributed by atoms with Gasteiger partial charge >= 0.3 is 0 Å². The molecule has 0 saturated heterocycles. The van der Waals surface area contributed by atoms with Crippen molar-refractivity contribution < 1.29 is 0 Å². The Bertz CT molecular complexity index is 326. The van der Waals surface area contributed by atoms with E-state index >= 15 is 0 Å². The van der Waals surface area contributed by atoms with E-state index in [2.05, 4.69) is 10.1 Å². The predicted molar refractivity (Wildman–Crippen MR) is 66.3 cm³/mol. The minimum atomic E-state index is 0.621. The molecule has 1 fully saturated rings. The Morgan fingerprint density at radius 3 is 2.94 bits per heavy atom. The van der Waals surface area contributed by atoms with Crippen molar-refractivity contribution in [1.82, 2.24) is 14.8 Å². The highest BCUT2D eigenvalue weighted by Crippen LogP contribution is 2.34. The quantitative estimate of drug-likeness (QED) is 0.819. The van der Waals surface area contributed by atoms with Gasteiger partial charge in [0.25, 0.3) is 0 Å². The molecule has 1 aliphatic carbocycles. The van der Waals surface area contributed by atoms with E-state index in [-0.39, 0.29) is 0 Å². The van der Waals surface area contributed by atoms with Crippen LogP contribution in [0.15, 0.2) is 11.5 Å². The van der Waals surface area contributed by atoms with Gasteiger partial charge in [-0.1, -0.05) is 31.0 Å². The molecule has 1 aliphatic rings. The molecule has 16 heavy (non-hydrogen) atoms. The number of nitrogens with two attached hydrogens (primary N) is 1. The smallest absolute Gasteiger partial charge is 0.186 e. The largest absolute Gasteiger partial charge is 0.330 e. The van der Waals surface area contributed by atoms with Gasteiger partial charge in [0.05, 0.1) is 0 Å². The highest BCUT2D eigenvalue weighted by molar-refractivity contribution is 7.99. The Hall–Kier alpha value is -0.550. The van der Waals surface area contributed by atoms with Crippen LogP contribution < -0.4 is 5.73 Å². The summed E-state index contributed by atoms with van der Waals surface area (Å²) in [5.41, 5.74) is 5.87. The van der Waals surface area contributed by atoms with Gasteiger partial charge in [-0.3, -0.25) is 0 Å². The van der Waals surface area contributed by atoms with Gasteiger partial charge in [-0.25, -0.2) is 9.67 Å². The molecule has 2 atom stereocenters. The van der Waals surface area contributed by atoms with Crippen LogP contribution >= 0.6 is 11.8 Å². The maximum atomic E-state index is 5.87. The summed E-state index contributed by atoms with van der Waals surface area (Å²) < 4.78 is 1.85. The van der Waals surface area contributed by atoms with Gasteiger partial charge < -0.3 is 5.73 Å². The molecule has 2 rings (SSSR count). The standard InChI is InChI=1S/C11H20N4S/c1-15-11(13-8-14-15)16-10-6-4-2-3-5-9(10)7-12/h8-10H,2-7,12H2,1H3. The van der Waals surface area contributed by atoms with E-state index in [9.17, 15) is 0 Å². The third-order valence-corrected chi connectivity index (χ3v) is 4.82. The van der Waals surface area contributed by atoms with Gasteiger partial charge in [-0.05, 0) is 25.3 Å². The normalized spacial score (nSPS) is 26.6. The van der Waals surface area contributed by atoms with E-state index in [1.54, 1.807) is 6.33 Å². The zero-order valence-corrected chi connectivity index (χ0v) is 10.6. The second-order valence-electron chi connectivity index (χ2n) is 4.46. The molecule has 4 nitrogen and oxygen atoms in total. The lowest BCUT2D eigenvalue weighted by atomic mass is 10.0. The molecule has 0 amide bonds. The number of aryl methyl sites for hydroxylation is 1. The van der Waals surface area contributed by atoms with Gasteiger partial charge in [0.15, 0.2) is 5.16 Å². The predicted octanol–water partition coefficient (Wildman–Crippen LogP) is 1.81. The number of hydrogen-bond donors (Lipinski definition) is 1. The number of aromatic nitrogens is 3. The van der Waals surface area contributed by atoms with Crippen LogP contribution in [0.3, 0.4) is 0 Å². The highest BCUT2D eigenvalue weighted by atomic mass is 32.2. The van der Waals surface area contributed by atoms with Crippen molar-refractivity contribution in [2.45, 2.75) is 42.5 Å². The summed E-state index contributed by atoms with van der Waals surface area (Å²) in [6, 6.07) is 0. The fourth-order valence-corrected chi connectivity index (χ4v) is 3.61. The van der Waals surface area contributed by atoms with E-state index in [0.717, 1.165) is 11.7 Å². The molecule has 1 heterocycles. The molecule has 2 N–H and O–H groups in total. The summed E-state index contributed by atoms with van der Waals surface area (Å²) >= 11 is 1.85. The second kappa shape index (κ2) is 5.68. The Labute approximate surface area is 101 Å². The molecule has 90 valence electrons. The molecule has 1 aromatic heterocycles. The van der Waals surface area contributed by atoms with Crippen molar-refractivity contribution in [1.29, 1.82) is 0 Å². The maximum Gasteiger partial charge on any atom is 0.186 e. The van der Waals surface area contributed by atoms with Gasteiger partial charge in [-0.15, -0.1) is 0 Å². The molecular weight excluding hydrogens is 220 g/mol. The van der Waals surface area contributed by atoms with Crippen molar-refractivity contribution in [3.8, 4) is 0 Å². The van der Waals surface area contributed by atoms with Crippen LogP contribution in [0.4, 0.5) is 0 Å². The Morgan fingerprint density at radius 2 is 2.25 bits per heavy atom. The molecule has 0 radical (unpaired) electrons. The first kappa shape index (κ1) is 11.9. The Kier molecular flexibility index (Phi) is 4.23. The second-order valence-corrected chi connectivity index (χ2v) is 5.66. The number of hydrogen-bond acceptors (Lipinski definition) is 4. The lowest BCUT2D eigenvalue weighted by Gasteiger charge is -2.22. The highest BCUT2D eigenvalue weighted by Gasteiger charge is 2.24. The zero-order valence-electron chi connectivity index (χ0n) is 9.80. The zero-order chi connectivity index (χ0) is 11.4. The average molecular weight is 240 g/mol. The van der Waals surface area contributed by atoms with Crippen molar-refractivity contribution in [2.24, 2.45) is 18.7 Å². The minimum absolute atomic E-state index is 0.621. The number of rotatable bonds is 3. The van der Waals surface area contributed by atoms with Gasteiger partial charge in [0, 0.05) is 12.3 Å². The molecule has 1 aromatic rings. The van der Waals surface area contributed by atoms with E-state index in [4.69, 9.17) is 5.73 Å². The van der Waals surface area contributed by atoms with Crippen LogP contribution in [0.25, 0.3) is 0 Å². The monoisotopic (exact) mass is 240 g/mol. The molecule has 0 aromatic carbocycles. The average Bonchev–Trinajstić information content (AvgIpc) is 2.56. The van der Waals surface area contributed by atoms with Crippen LogP contribution in [-0.2, 0) is 7.05 Å². The van der Waals surface area contributed by atoms with Crippen LogP contribution in [0.5, 0.6) is 0 Å². The SMILES string of the molecule is Cn1ncnc1SC1CCCCCC1CN. The first-order valence-electron chi connectivity index (χ1n) is 6.02. The van der Waals surface area contributed by atoms with E-state index in [1.807, 2.05) is 23.5 Å². The Morgan fingerprint density at radius 1 is 1.44 bits per heavy atom. The Balaban J connectivity index is 2.03. The van der Waals surface area contributed by atoms with Gasteiger partial charge in [0.2, 0.25) is 0 Å². The van der Waals surface area contributed by atoms with Crippen LogP contribution in [0.2, 0.25) is 0 Å². The summed E-state index contributed by atoms with van der Waals surface area (Å²) in [7, 11) is 1.95. The molecular formula is C11H20N4S. The first-order chi connectivity index (χ1) is 7.81. The summed E-state index contributed by atoms with van der Waals surface area (Å²) in [6.45, 7) is 0.801. The van der Waals surface area contributed by atoms with Crippen LogP contribution in [0.1, 0.15) is 32.1 Å². The minimum Gasteiger partial charge on any atom is -0.330 e. The van der Waals surface area contributed by atoms with E-state index < -0.39 is 0 Å².